The van der Waals surface area contributed by atoms with Crippen LogP contribution in [-0.4, -0.2) is 6.54 Å². The number of halogens is 1. The molecule has 0 aliphatic carbocycles. The van der Waals surface area contributed by atoms with Gasteiger partial charge in [0.05, 0.1) is 0 Å². The molecule has 0 unspecified atom stereocenters. The molecule has 0 aliphatic heterocycles. The summed E-state index contributed by atoms with van der Waals surface area (Å²) < 4.78 is 13.0. The molecule has 1 aromatic rings. The molecule has 13 heavy (non-hydrogen) atoms. The van der Waals surface area contributed by atoms with E-state index < -0.39 is 0 Å². The Morgan fingerprint density at radius 1 is 1.54 bits per heavy atom. The van der Waals surface area contributed by atoms with Gasteiger partial charge in [0.15, 0.2) is 0 Å². The average Bonchev–Trinajstić information content (AvgIpc) is 2.12. The summed E-state index contributed by atoms with van der Waals surface area (Å²) in [6.45, 7) is 2.42. The zero-order chi connectivity index (χ0) is 9.68. The van der Waals surface area contributed by atoms with E-state index in [0.717, 1.165) is 5.69 Å². The van der Waals surface area contributed by atoms with E-state index in [9.17, 15) is 4.39 Å². The Bertz CT molecular complexity index is 325. The number of benzene rings is 1. The number of hydrogen-bond donors (Lipinski definition) is 1. The van der Waals surface area contributed by atoms with Crippen molar-refractivity contribution in [3.8, 4) is 12.3 Å². The van der Waals surface area contributed by atoms with Crippen molar-refractivity contribution in [2.45, 2.75) is 13.3 Å². The van der Waals surface area contributed by atoms with E-state index >= 15 is 0 Å². The maximum absolute atomic E-state index is 13.0. The Morgan fingerprint density at radius 2 is 2.31 bits per heavy atom. The van der Waals surface area contributed by atoms with Gasteiger partial charge in [-0.1, -0.05) is 6.07 Å². The highest BCUT2D eigenvalue weighted by molar-refractivity contribution is 5.45. The van der Waals surface area contributed by atoms with Gasteiger partial charge in [-0.2, -0.15) is 0 Å². The zero-order valence-electron chi connectivity index (χ0n) is 7.60. The largest absolute Gasteiger partial charge is 0.384 e. The van der Waals surface area contributed by atoms with Crippen LogP contribution >= 0.6 is 0 Å². The Hall–Kier alpha value is -1.49. The van der Waals surface area contributed by atoms with Crippen LogP contribution in [0.2, 0.25) is 0 Å². The minimum absolute atomic E-state index is 0.189. The standard InChI is InChI=1S/C11H12FN/c1-3-4-7-13-10-6-5-9(2)11(12)8-10/h1,5-6,8,13H,4,7H2,2H3. The average molecular weight is 177 g/mol. The van der Waals surface area contributed by atoms with Crippen molar-refractivity contribution in [3.63, 3.8) is 0 Å². The third kappa shape index (κ3) is 2.79. The summed E-state index contributed by atoms with van der Waals surface area (Å²) in [6, 6.07) is 5.06. The highest BCUT2D eigenvalue weighted by atomic mass is 19.1. The summed E-state index contributed by atoms with van der Waals surface area (Å²) in [7, 11) is 0. The van der Waals surface area contributed by atoms with Crippen LogP contribution in [0.15, 0.2) is 18.2 Å². The molecular formula is C11H12FN. The maximum atomic E-state index is 13.0. The molecule has 2 heteroatoms. The smallest absolute Gasteiger partial charge is 0.128 e. The first-order valence-corrected chi connectivity index (χ1v) is 4.17. The fraction of sp³-hybridized carbons (Fsp3) is 0.273. The molecular weight excluding hydrogens is 165 g/mol. The van der Waals surface area contributed by atoms with Gasteiger partial charge in [0.25, 0.3) is 0 Å². The fourth-order valence-electron chi connectivity index (χ4n) is 0.982. The monoisotopic (exact) mass is 177 g/mol. The van der Waals surface area contributed by atoms with Crippen molar-refractivity contribution in [2.24, 2.45) is 0 Å². The maximum Gasteiger partial charge on any atom is 0.128 e. The van der Waals surface area contributed by atoms with Crippen molar-refractivity contribution < 1.29 is 4.39 Å². The quantitative estimate of drug-likeness (QED) is 0.552. The minimum Gasteiger partial charge on any atom is -0.384 e. The Labute approximate surface area is 78.0 Å². The lowest BCUT2D eigenvalue weighted by molar-refractivity contribution is 0.619. The second-order valence-corrected chi connectivity index (χ2v) is 2.84. The normalized spacial score (nSPS) is 9.31. The first kappa shape index (κ1) is 9.60. The number of hydrogen-bond acceptors (Lipinski definition) is 1. The second kappa shape index (κ2) is 4.51. The van der Waals surface area contributed by atoms with Crippen LogP contribution < -0.4 is 5.32 Å². The predicted octanol–water partition coefficient (Wildman–Crippen LogP) is 2.57. The number of terminal acetylenes is 1. The summed E-state index contributed by atoms with van der Waals surface area (Å²) in [6.07, 6.45) is 5.73. The third-order valence-corrected chi connectivity index (χ3v) is 1.77. The minimum atomic E-state index is -0.189. The molecule has 0 saturated heterocycles. The van der Waals surface area contributed by atoms with Gasteiger partial charge in [0.2, 0.25) is 0 Å². The van der Waals surface area contributed by atoms with Crippen LogP contribution in [0.5, 0.6) is 0 Å². The van der Waals surface area contributed by atoms with Gasteiger partial charge in [0.1, 0.15) is 5.82 Å². The second-order valence-electron chi connectivity index (χ2n) is 2.84. The van der Waals surface area contributed by atoms with Gasteiger partial charge in [0, 0.05) is 18.7 Å². The molecule has 0 atom stereocenters. The molecule has 1 rings (SSSR count). The van der Waals surface area contributed by atoms with Crippen LogP contribution in [0.1, 0.15) is 12.0 Å². The van der Waals surface area contributed by atoms with Gasteiger partial charge in [-0.3, -0.25) is 0 Å². The predicted molar refractivity (Wildman–Crippen MR) is 53.1 cm³/mol. The van der Waals surface area contributed by atoms with Crippen LogP contribution in [0.3, 0.4) is 0 Å². The van der Waals surface area contributed by atoms with E-state index in [1.807, 2.05) is 6.07 Å². The highest BCUT2D eigenvalue weighted by Crippen LogP contribution is 2.13. The van der Waals surface area contributed by atoms with Crippen molar-refractivity contribution >= 4 is 5.69 Å². The highest BCUT2D eigenvalue weighted by Gasteiger charge is 1.97. The summed E-state index contributed by atoms with van der Waals surface area (Å²) in [5.74, 6) is 2.32. The van der Waals surface area contributed by atoms with Gasteiger partial charge in [-0.25, -0.2) is 4.39 Å². The summed E-state index contributed by atoms with van der Waals surface area (Å²) in [5, 5.41) is 3.03. The van der Waals surface area contributed by atoms with Gasteiger partial charge < -0.3 is 5.32 Å². The molecule has 68 valence electrons. The van der Waals surface area contributed by atoms with E-state index in [0.29, 0.717) is 18.5 Å². The summed E-state index contributed by atoms with van der Waals surface area (Å²) in [5.41, 5.74) is 1.43. The van der Waals surface area contributed by atoms with Crippen LogP contribution in [0, 0.1) is 25.1 Å². The molecule has 0 heterocycles. The molecule has 0 radical (unpaired) electrons. The molecule has 0 saturated carbocycles. The number of nitrogens with one attached hydrogen (secondary N) is 1. The molecule has 0 aromatic heterocycles. The van der Waals surface area contributed by atoms with E-state index in [1.165, 1.54) is 6.07 Å². The van der Waals surface area contributed by atoms with Crippen molar-refractivity contribution in [1.29, 1.82) is 0 Å². The molecule has 0 amide bonds. The van der Waals surface area contributed by atoms with Gasteiger partial charge in [-0.15, -0.1) is 12.3 Å². The van der Waals surface area contributed by atoms with Crippen molar-refractivity contribution in [2.75, 3.05) is 11.9 Å². The molecule has 0 bridgehead atoms. The first-order valence-electron chi connectivity index (χ1n) is 4.17. The van der Waals surface area contributed by atoms with Crippen LogP contribution in [0.25, 0.3) is 0 Å². The molecule has 0 spiro atoms. The lowest BCUT2D eigenvalue weighted by Crippen LogP contribution is -2.00. The van der Waals surface area contributed by atoms with Crippen molar-refractivity contribution in [3.05, 3.63) is 29.6 Å². The number of anilines is 1. The first-order chi connectivity index (χ1) is 6.24. The molecule has 1 N–H and O–H groups in total. The van der Waals surface area contributed by atoms with Gasteiger partial charge in [-0.05, 0) is 24.6 Å². The lowest BCUT2D eigenvalue weighted by Gasteiger charge is -2.04. The molecule has 0 aliphatic rings. The SMILES string of the molecule is C#CCCNc1ccc(C)c(F)c1. The van der Waals surface area contributed by atoms with E-state index in [2.05, 4.69) is 11.2 Å². The Balaban J connectivity index is 2.59. The van der Waals surface area contributed by atoms with E-state index in [1.54, 1.807) is 13.0 Å². The Morgan fingerprint density at radius 3 is 2.92 bits per heavy atom. The zero-order valence-corrected chi connectivity index (χ0v) is 7.60. The summed E-state index contributed by atoms with van der Waals surface area (Å²) >= 11 is 0. The van der Waals surface area contributed by atoms with Crippen LogP contribution in [-0.2, 0) is 0 Å². The number of aryl methyl sites for hydroxylation is 1. The van der Waals surface area contributed by atoms with Gasteiger partial charge >= 0.3 is 0 Å². The molecule has 1 nitrogen and oxygen atoms in total. The topological polar surface area (TPSA) is 12.0 Å². The molecule has 0 fully saturated rings. The van der Waals surface area contributed by atoms with E-state index in [4.69, 9.17) is 6.42 Å². The summed E-state index contributed by atoms with van der Waals surface area (Å²) in [4.78, 5) is 0. The van der Waals surface area contributed by atoms with E-state index in [-0.39, 0.29) is 5.82 Å². The number of rotatable bonds is 3. The van der Waals surface area contributed by atoms with Crippen molar-refractivity contribution in [1.82, 2.24) is 0 Å². The lowest BCUT2D eigenvalue weighted by atomic mass is 10.2. The fourth-order valence-corrected chi connectivity index (χ4v) is 0.982. The third-order valence-electron chi connectivity index (χ3n) is 1.77. The van der Waals surface area contributed by atoms with Crippen LogP contribution in [0.4, 0.5) is 10.1 Å². The Kier molecular flexibility index (Phi) is 3.33. The molecule has 1 aromatic carbocycles.